The fraction of sp³-hybridized carbons (Fsp3) is 0.600. The second-order valence-corrected chi connectivity index (χ2v) is 8.87. The standard InChI is InChI=1S/C20H27N3OS/c1-15-8-11-22(12-9-15)14-19(24)23-10-4-5-16(13-23)20-21-17-6-2-3-7-18(17)25-20/h2-3,6-7,15-16H,4-5,8-14H2,1H3/p+1/t16-/m1/s1. The van der Waals surface area contributed by atoms with Gasteiger partial charge in [-0.05, 0) is 43.7 Å². The van der Waals surface area contributed by atoms with Crippen LogP contribution in [-0.4, -0.2) is 48.5 Å². The number of amides is 1. The highest BCUT2D eigenvalue weighted by atomic mass is 32.1. The van der Waals surface area contributed by atoms with Crippen LogP contribution in [0.2, 0.25) is 0 Å². The third kappa shape index (κ3) is 3.87. The molecule has 0 aliphatic carbocycles. The van der Waals surface area contributed by atoms with Gasteiger partial charge in [0.25, 0.3) is 5.91 Å². The fourth-order valence-electron chi connectivity index (χ4n) is 4.14. The van der Waals surface area contributed by atoms with Gasteiger partial charge in [-0.3, -0.25) is 4.79 Å². The van der Waals surface area contributed by atoms with Gasteiger partial charge in [0, 0.05) is 19.0 Å². The van der Waals surface area contributed by atoms with Crippen LogP contribution in [0.5, 0.6) is 0 Å². The molecule has 0 bridgehead atoms. The Morgan fingerprint density at radius 3 is 2.88 bits per heavy atom. The molecule has 1 amide bonds. The van der Waals surface area contributed by atoms with Crippen LogP contribution in [0, 0.1) is 5.92 Å². The van der Waals surface area contributed by atoms with Gasteiger partial charge in [0.05, 0.1) is 28.3 Å². The van der Waals surface area contributed by atoms with Gasteiger partial charge in [0.2, 0.25) is 0 Å². The molecule has 2 aliphatic rings. The number of carbonyl (C=O) groups excluding carboxylic acids is 1. The zero-order valence-electron chi connectivity index (χ0n) is 15.0. The van der Waals surface area contributed by atoms with Crippen molar-refractivity contribution in [2.75, 3.05) is 32.7 Å². The Morgan fingerprint density at radius 1 is 1.28 bits per heavy atom. The van der Waals surface area contributed by atoms with Crippen LogP contribution in [0.3, 0.4) is 0 Å². The van der Waals surface area contributed by atoms with Crippen LogP contribution < -0.4 is 4.90 Å². The third-order valence-electron chi connectivity index (χ3n) is 5.82. The van der Waals surface area contributed by atoms with Crippen molar-refractivity contribution in [2.24, 2.45) is 5.92 Å². The van der Waals surface area contributed by atoms with E-state index in [0.29, 0.717) is 18.4 Å². The molecule has 2 fully saturated rings. The number of rotatable bonds is 3. The number of piperidine rings is 2. The Labute approximate surface area is 153 Å². The van der Waals surface area contributed by atoms with E-state index in [9.17, 15) is 4.79 Å². The molecule has 2 aliphatic heterocycles. The zero-order valence-corrected chi connectivity index (χ0v) is 15.9. The predicted molar refractivity (Wildman–Crippen MR) is 102 cm³/mol. The number of nitrogens with zero attached hydrogens (tertiary/aromatic N) is 2. The summed E-state index contributed by atoms with van der Waals surface area (Å²) in [7, 11) is 0. The Morgan fingerprint density at radius 2 is 2.08 bits per heavy atom. The van der Waals surface area contributed by atoms with E-state index in [2.05, 4.69) is 30.0 Å². The van der Waals surface area contributed by atoms with E-state index < -0.39 is 0 Å². The van der Waals surface area contributed by atoms with Gasteiger partial charge in [-0.15, -0.1) is 11.3 Å². The molecule has 1 aromatic heterocycles. The summed E-state index contributed by atoms with van der Waals surface area (Å²) in [4.78, 5) is 21.2. The first-order valence-electron chi connectivity index (χ1n) is 9.66. The van der Waals surface area contributed by atoms with E-state index >= 15 is 0 Å². The van der Waals surface area contributed by atoms with Crippen LogP contribution in [0.1, 0.15) is 43.5 Å². The van der Waals surface area contributed by atoms with E-state index in [1.165, 1.54) is 27.4 Å². The number of nitrogens with one attached hydrogen (secondary N) is 1. The molecular weight excluding hydrogens is 330 g/mol. The molecule has 25 heavy (non-hydrogen) atoms. The molecule has 2 saturated heterocycles. The lowest BCUT2D eigenvalue weighted by Crippen LogP contribution is -3.14. The molecule has 4 rings (SSSR count). The highest BCUT2D eigenvalue weighted by Gasteiger charge is 2.29. The Balaban J connectivity index is 1.39. The molecule has 0 spiro atoms. The van der Waals surface area contributed by atoms with E-state index in [-0.39, 0.29) is 0 Å². The minimum absolute atomic E-state index is 0.343. The van der Waals surface area contributed by atoms with Crippen molar-refractivity contribution in [1.29, 1.82) is 0 Å². The van der Waals surface area contributed by atoms with Crippen LogP contribution in [0.25, 0.3) is 10.2 Å². The normalized spacial score (nSPS) is 27.6. The molecule has 0 radical (unpaired) electrons. The first kappa shape index (κ1) is 17.0. The number of para-hydroxylation sites is 1. The summed E-state index contributed by atoms with van der Waals surface area (Å²) in [6, 6.07) is 8.35. The van der Waals surface area contributed by atoms with Gasteiger partial charge in [-0.1, -0.05) is 19.1 Å². The van der Waals surface area contributed by atoms with E-state index in [4.69, 9.17) is 4.98 Å². The SMILES string of the molecule is CC1CC[NH+](CC(=O)N2CCC[C@@H](c3nc4ccccc4s3)C2)CC1. The van der Waals surface area contributed by atoms with Crippen LogP contribution in [0.15, 0.2) is 24.3 Å². The Bertz CT molecular complexity index is 702. The smallest absolute Gasteiger partial charge is 0.277 e. The molecule has 134 valence electrons. The lowest BCUT2D eigenvalue weighted by molar-refractivity contribution is -0.898. The Kier molecular flexibility index (Phi) is 5.04. The first-order valence-corrected chi connectivity index (χ1v) is 10.5. The van der Waals surface area contributed by atoms with E-state index in [1.807, 2.05) is 6.07 Å². The number of aromatic nitrogens is 1. The minimum Gasteiger partial charge on any atom is -0.337 e. The molecule has 0 saturated carbocycles. The van der Waals surface area contributed by atoms with Crippen LogP contribution in [0.4, 0.5) is 0 Å². The highest BCUT2D eigenvalue weighted by Crippen LogP contribution is 2.32. The summed E-state index contributed by atoms with van der Waals surface area (Å²) in [5.41, 5.74) is 1.10. The summed E-state index contributed by atoms with van der Waals surface area (Å²) < 4.78 is 1.26. The Hall–Kier alpha value is -1.46. The molecular formula is C20H28N3OS+. The van der Waals surface area contributed by atoms with Gasteiger partial charge >= 0.3 is 0 Å². The van der Waals surface area contributed by atoms with Crippen molar-refractivity contribution < 1.29 is 9.69 Å². The molecule has 2 aromatic rings. The molecule has 1 aromatic carbocycles. The van der Waals surface area contributed by atoms with Gasteiger partial charge in [0.15, 0.2) is 6.54 Å². The summed E-state index contributed by atoms with van der Waals surface area (Å²) in [5.74, 6) is 1.58. The van der Waals surface area contributed by atoms with E-state index in [0.717, 1.165) is 50.5 Å². The van der Waals surface area contributed by atoms with Gasteiger partial charge in [-0.2, -0.15) is 0 Å². The molecule has 3 heterocycles. The number of quaternary nitrogens is 1. The summed E-state index contributed by atoms with van der Waals surface area (Å²) in [5, 5.41) is 1.21. The summed E-state index contributed by atoms with van der Waals surface area (Å²) >= 11 is 1.80. The predicted octanol–water partition coefficient (Wildman–Crippen LogP) is 2.32. The maximum Gasteiger partial charge on any atom is 0.277 e. The van der Waals surface area contributed by atoms with Gasteiger partial charge < -0.3 is 9.80 Å². The second kappa shape index (κ2) is 7.42. The number of likely N-dealkylation sites (tertiary alicyclic amines) is 2. The molecule has 1 atom stereocenters. The van der Waals surface area contributed by atoms with Crippen LogP contribution in [-0.2, 0) is 4.79 Å². The lowest BCUT2D eigenvalue weighted by atomic mass is 9.98. The van der Waals surface area contributed by atoms with Crippen molar-refractivity contribution in [3.8, 4) is 0 Å². The van der Waals surface area contributed by atoms with Crippen molar-refractivity contribution in [2.45, 2.75) is 38.5 Å². The van der Waals surface area contributed by atoms with Gasteiger partial charge in [-0.25, -0.2) is 4.98 Å². The van der Waals surface area contributed by atoms with Crippen molar-refractivity contribution in [1.82, 2.24) is 9.88 Å². The number of hydrogen-bond donors (Lipinski definition) is 1. The number of fused-ring (bicyclic) bond motifs is 1. The average molecular weight is 359 g/mol. The molecule has 0 unspecified atom stereocenters. The zero-order chi connectivity index (χ0) is 17.2. The summed E-state index contributed by atoms with van der Waals surface area (Å²) in [6.07, 6.45) is 4.77. The number of hydrogen-bond acceptors (Lipinski definition) is 3. The second-order valence-electron chi connectivity index (χ2n) is 7.81. The fourth-order valence-corrected chi connectivity index (χ4v) is 5.24. The largest absolute Gasteiger partial charge is 0.337 e. The number of carbonyl (C=O) groups is 1. The average Bonchev–Trinajstić information content (AvgIpc) is 3.08. The first-order chi connectivity index (χ1) is 12.2. The lowest BCUT2D eigenvalue weighted by Gasteiger charge is -2.33. The quantitative estimate of drug-likeness (QED) is 0.914. The monoisotopic (exact) mass is 358 g/mol. The topological polar surface area (TPSA) is 37.6 Å². The van der Waals surface area contributed by atoms with E-state index in [1.54, 1.807) is 11.3 Å². The van der Waals surface area contributed by atoms with Gasteiger partial charge in [0.1, 0.15) is 0 Å². The molecule has 1 N–H and O–H groups in total. The summed E-state index contributed by atoms with van der Waals surface area (Å²) in [6.45, 7) is 7.08. The number of thiazole rings is 1. The van der Waals surface area contributed by atoms with Crippen molar-refractivity contribution >= 4 is 27.5 Å². The maximum atomic E-state index is 12.8. The van der Waals surface area contributed by atoms with Crippen molar-refractivity contribution in [3.63, 3.8) is 0 Å². The minimum atomic E-state index is 0.343. The number of benzene rings is 1. The molecule has 4 nitrogen and oxygen atoms in total. The maximum absolute atomic E-state index is 12.8. The van der Waals surface area contributed by atoms with Crippen LogP contribution >= 0.6 is 11.3 Å². The third-order valence-corrected chi connectivity index (χ3v) is 7.02. The molecule has 5 heteroatoms. The highest BCUT2D eigenvalue weighted by molar-refractivity contribution is 7.18. The van der Waals surface area contributed by atoms with Crippen molar-refractivity contribution in [3.05, 3.63) is 29.3 Å².